The highest BCUT2D eigenvalue weighted by molar-refractivity contribution is 5.81. The average Bonchev–Trinajstić information content (AvgIpc) is 2.71. The van der Waals surface area contributed by atoms with E-state index in [4.69, 9.17) is 4.74 Å². The van der Waals surface area contributed by atoms with E-state index in [1.165, 1.54) is 30.2 Å². The van der Waals surface area contributed by atoms with Crippen LogP contribution >= 0.6 is 0 Å². The van der Waals surface area contributed by atoms with Gasteiger partial charge >= 0.3 is 0 Å². The predicted molar refractivity (Wildman–Crippen MR) is 77.2 cm³/mol. The highest BCUT2D eigenvalue weighted by Gasteiger charge is 2.03. The molecule has 2 aromatic rings. The van der Waals surface area contributed by atoms with Crippen molar-refractivity contribution in [3.05, 3.63) is 30.5 Å². The lowest BCUT2D eigenvalue weighted by Gasteiger charge is -2.10. The first-order chi connectivity index (χ1) is 8.70. The van der Waals surface area contributed by atoms with Gasteiger partial charge in [-0.2, -0.15) is 0 Å². The lowest BCUT2D eigenvalue weighted by atomic mass is 10.2. The van der Waals surface area contributed by atoms with Gasteiger partial charge in [0.25, 0.3) is 0 Å². The molecule has 0 fully saturated rings. The Kier molecular flexibility index (Phi) is 4.29. The van der Waals surface area contributed by atoms with Crippen LogP contribution in [0.4, 0.5) is 0 Å². The highest BCUT2D eigenvalue weighted by Crippen LogP contribution is 2.23. The maximum absolute atomic E-state index is 5.72. The molecule has 0 saturated carbocycles. The molecule has 0 N–H and O–H groups in total. The van der Waals surface area contributed by atoms with Crippen LogP contribution in [0.15, 0.2) is 30.5 Å². The summed E-state index contributed by atoms with van der Waals surface area (Å²) in [6, 6.07) is 8.54. The van der Waals surface area contributed by atoms with Gasteiger partial charge in [-0.3, -0.25) is 0 Å². The van der Waals surface area contributed by atoms with Crippen LogP contribution in [0.1, 0.15) is 40.0 Å². The fraction of sp³-hybridized carbons (Fsp3) is 0.500. The van der Waals surface area contributed by atoms with Crippen molar-refractivity contribution >= 4 is 10.9 Å². The third kappa shape index (κ3) is 3.06. The van der Waals surface area contributed by atoms with Gasteiger partial charge in [0, 0.05) is 23.6 Å². The number of hydrogen-bond donors (Lipinski definition) is 0. The fourth-order valence-electron chi connectivity index (χ4n) is 2.25. The van der Waals surface area contributed by atoms with Crippen molar-refractivity contribution in [2.75, 3.05) is 0 Å². The summed E-state index contributed by atoms with van der Waals surface area (Å²) in [5.74, 6) is 0.962. The number of hydrogen-bond acceptors (Lipinski definition) is 1. The second-order valence-corrected chi connectivity index (χ2v) is 5.10. The molecule has 2 heteroatoms. The molecule has 0 aliphatic rings. The molecule has 2 nitrogen and oxygen atoms in total. The van der Waals surface area contributed by atoms with Gasteiger partial charge in [0.05, 0.1) is 6.10 Å². The van der Waals surface area contributed by atoms with Crippen LogP contribution in [-0.4, -0.2) is 10.7 Å². The first-order valence-corrected chi connectivity index (χ1v) is 6.96. The van der Waals surface area contributed by atoms with Crippen molar-refractivity contribution in [3.63, 3.8) is 0 Å². The van der Waals surface area contributed by atoms with Gasteiger partial charge in [-0.1, -0.05) is 19.8 Å². The second-order valence-electron chi connectivity index (χ2n) is 5.10. The van der Waals surface area contributed by atoms with Gasteiger partial charge in [0.1, 0.15) is 5.75 Å². The Morgan fingerprint density at radius 3 is 2.72 bits per heavy atom. The quantitative estimate of drug-likeness (QED) is 0.677. The summed E-state index contributed by atoms with van der Waals surface area (Å²) in [5, 5.41) is 1.27. The number of ether oxygens (including phenoxy) is 1. The standard InChI is InChI=1S/C16H23NO/c1-4-5-6-10-17-11-9-14-12-15(18-13(2)3)7-8-16(14)17/h7-9,11-13H,4-6,10H2,1-3H3. The molecule has 0 amide bonds. The van der Waals surface area contributed by atoms with Crippen molar-refractivity contribution in [2.45, 2.75) is 52.7 Å². The molecule has 98 valence electrons. The molecule has 0 radical (unpaired) electrons. The molecule has 2 rings (SSSR count). The third-order valence-corrected chi connectivity index (χ3v) is 3.12. The number of unbranched alkanes of at least 4 members (excludes halogenated alkanes) is 2. The monoisotopic (exact) mass is 245 g/mol. The number of rotatable bonds is 6. The summed E-state index contributed by atoms with van der Waals surface area (Å²) in [6.07, 6.45) is 6.23. The zero-order valence-electron chi connectivity index (χ0n) is 11.6. The average molecular weight is 245 g/mol. The van der Waals surface area contributed by atoms with E-state index in [1.54, 1.807) is 0 Å². The van der Waals surface area contributed by atoms with Crippen LogP contribution in [-0.2, 0) is 6.54 Å². The zero-order chi connectivity index (χ0) is 13.0. The van der Waals surface area contributed by atoms with E-state index in [1.807, 2.05) is 0 Å². The number of aryl methyl sites for hydroxylation is 1. The first-order valence-electron chi connectivity index (χ1n) is 6.96. The maximum atomic E-state index is 5.72. The summed E-state index contributed by atoms with van der Waals surface area (Å²) >= 11 is 0. The normalized spacial score (nSPS) is 11.3. The Bertz CT molecular complexity index is 499. The summed E-state index contributed by atoms with van der Waals surface area (Å²) in [4.78, 5) is 0. The number of fused-ring (bicyclic) bond motifs is 1. The molecular weight excluding hydrogens is 222 g/mol. The SMILES string of the molecule is CCCCCn1ccc2cc(OC(C)C)ccc21. The van der Waals surface area contributed by atoms with Crippen LogP contribution in [0.5, 0.6) is 5.75 Å². The molecule has 0 bridgehead atoms. The lowest BCUT2D eigenvalue weighted by Crippen LogP contribution is -2.05. The molecule has 0 unspecified atom stereocenters. The van der Waals surface area contributed by atoms with Crippen molar-refractivity contribution in [1.29, 1.82) is 0 Å². The van der Waals surface area contributed by atoms with Gasteiger partial charge in [0.15, 0.2) is 0 Å². The van der Waals surface area contributed by atoms with Gasteiger partial charge < -0.3 is 9.30 Å². The molecule has 0 atom stereocenters. The molecule has 1 heterocycles. The molecular formula is C16H23NO. The molecule has 1 aromatic carbocycles. The Morgan fingerprint density at radius 1 is 1.17 bits per heavy atom. The van der Waals surface area contributed by atoms with Crippen LogP contribution < -0.4 is 4.74 Å². The molecule has 0 aliphatic carbocycles. The van der Waals surface area contributed by atoms with E-state index in [0.717, 1.165) is 12.3 Å². The van der Waals surface area contributed by atoms with E-state index in [-0.39, 0.29) is 6.10 Å². The fourth-order valence-corrected chi connectivity index (χ4v) is 2.25. The minimum Gasteiger partial charge on any atom is -0.491 e. The van der Waals surface area contributed by atoms with Gasteiger partial charge in [-0.25, -0.2) is 0 Å². The van der Waals surface area contributed by atoms with Gasteiger partial charge in [-0.15, -0.1) is 0 Å². The Hall–Kier alpha value is -1.44. The number of aromatic nitrogens is 1. The molecule has 0 aliphatic heterocycles. The Labute approximate surface area is 110 Å². The minimum absolute atomic E-state index is 0.231. The largest absolute Gasteiger partial charge is 0.491 e. The number of nitrogens with zero attached hydrogens (tertiary/aromatic N) is 1. The summed E-state index contributed by atoms with van der Waals surface area (Å²) in [7, 11) is 0. The van der Waals surface area contributed by atoms with Crippen LogP contribution in [0.3, 0.4) is 0 Å². The first kappa shape index (κ1) is 13.0. The summed E-state index contributed by atoms with van der Waals surface area (Å²) in [6.45, 7) is 7.46. The highest BCUT2D eigenvalue weighted by atomic mass is 16.5. The topological polar surface area (TPSA) is 14.2 Å². The van der Waals surface area contributed by atoms with Crippen molar-refractivity contribution in [3.8, 4) is 5.75 Å². The molecule has 18 heavy (non-hydrogen) atoms. The lowest BCUT2D eigenvalue weighted by molar-refractivity contribution is 0.243. The molecule has 0 spiro atoms. The Balaban J connectivity index is 2.15. The predicted octanol–water partition coefficient (Wildman–Crippen LogP) is 4.62. The van der Waals surface area contributed by atoms with Crippen molar-refractivity contribution < 1.29 is 4.74 Å². The van der Waals surface area contributed by atoms with Gasteiger partial charge in [0.2, 0.25) is 0 Å². The van der Waals surface area contributed by atoms with E-state index >= 15 is 0 Å². The van der Waals surface area contributed by atoms with E-state index in [2.05, 4.69) is 55.8 Å². The molecule has 1 aromatic heterocycles. The minimum atomic E-state index is 0.231. The van der Waals surface area contributed by atoms with E-state index in [9.17, 15) is 0 Å². The van der Waals surface area contributed by atoms with Crippen LogP contribution in [0, 0.1) is 0 Å². The van der Waals surface area contributed by atoms with Crippen LogP contribution in [0.2, 0.25) is 0 Å². The second kappa shape index (κ2) is 5.94. The van der Waals surface area contributed by atoms with E-state index < -0.39 is 0 Å². The number of benzene rings is 1. The molecule has 0 saturated heterocycles. The van der Waals surface area contributed by atoms with Crippen molar-refractivity contribution in [1.82, 2.24) is 4.57 Å². The maximum Gasteiger partial charge on any atom is 0.120 e. The van der Waals surface area contributed by atoms with Crippen molar-refractivity contribution in [2.24, 2.45) is 0 Å². The zero-order valence-corrected chi connectivity index (χ0v) is 11.6. The van der Waals surface area contributed by atoms with E-state index in [0.29, 0.717) is 0 Å². The third-order valence-electron chi connectivity index (χ3n) is 3.12. The summed E-state index contributed by atoms with van der Waals surface area (Å²) in [5.41, 5.74) is 1.31. The smallest absolute Gasteiger partial charge is 0.120 e. The summed E-state index contributed by atoms with van der Waals surface area (Å²) < 4.78 is 8.06. The Morgan fingerprint density at radius 2 is 2.00 bits per heavy atom. The van der Waals surface area contributed by atoms with Gasteiger partial charge in [-0.05, 0) is 44.5 Å². The van der Waals surface area contributed by atoms with Crippen LogP contribution in [0.25, 0.3) is 10.9 Å².